The number of ether oxygens (including phenoxy) is 1. The number of halogens is 2. The molecule has 1 aromatic rings. The Labute approximate surface area is 76.3 Å². The Balaban J connectivity index is 2.77. The highest BCUT2D eigenvalue weighted by atomic mass is 19.1. The van der Waals surface area contributed by atoms with E-state index in [1.165, 1.54) is 0 Å². The average Bonchev–Trinajstić information content (AvgIpc) is 2.02. The van der Waals surface area contributed by atoms with Crippen LogP contribution in [0, 0.1) is 17.7 Å². The molecule has 1 aromatic carbocycles. The quantitative estimate of drug-likeness (QED) is 0.703. The van der Waals surface area contributed by atoms with Gasteiger partial charge in [-0.1, -0.05) is 6.92 Å². The molecule has 71 valence electrons. The van der Waals surface area contributed by atoms with Crippen LogP contribution in [0.25, 0.3) is 0 Å². The van der Waals surface area contributed by atoms with Gasteiger partial charge in [-0.15, -0.1) is 0 Å². The van der Waals surface area contributed by atoms with Crippen LogP contribution in [-0.2, 0) is 0 Å². The second-order valence-electron chi connectivity index (χ2n) is 2.85. The van der Waals surface area contributed by atoms with E-state index in [1.807, 2.05) is 13.8 Å². The van der Waals surface area contributed by atoms with Gasteiger partial charge in [0, 0.05) is 12.1 Å². The van der Waals surface area contributed by atoms with Crippen molar-refractivity contribution in [3.05, 3.63) is 29.8 Å². The van der Waals surface area contributed by atoms with Gasteiger partial charge in [0.2, 0.25) is 0 Å². The molecule has 0 fully saturated rings. The lowest BCUT2D eigenvalue weighted by Gasteiger charge is -2.11. The molecule has 0 spiro atoms. The van der Waals surface area contributed by atoms with Crippen molar-refractivity contribution in [1.29, 1.82) is 0 Å². The molecule has 0 aromatic heterocycles. The standard InChI is InChI=1S/C10H11F2O/c1-3-7(2)13-10-5-8(11)4-9(12)6-10/h4-5,7H,3H2,1-2H3. The summed E-state index contributed by atoms with van der Waals surface area (Å²) in [5.41, 5.74) is 0. The van der Waals surface area contributed by atoms with Gasteiger partial charge in [-0.3, -0.25) is 0 Å². The lowest BCUT2D eigenvalue weighted by atomic mass is 10.3. The fourth-order valence-electron chi connectivity index (χ4n) is 0.841. The van der Waals surface area contributed by atoms with E-state index >= 15 is 0 Å². The Morgan fingerprint density at radius 3 is 2.69 bits per heavy atom. The molecule has 0 saturated heterocycles. The smallest absolute Gasteiger partial charge is 0.137 e. The van der Waals surface area contributed by atoms with Crippen molar-refractivity contribution in [2.75, 3.05) is 0 Å². The highest BCUT2D eigenvalue weighted by Crippen LogP contribution is 2.16. The number of benzene rings is 1. The van der Waals surface area contributed by atoms with Gasteiger partial charge < -0.3 is 4.74 Å². The fraction of sp³-hybridized carbons (Fsp3) is 0.400. The maximum absolute atomic E-state index is 12.6. The summed E-state index contributed by atoms with van der Waals surface area (Å²) in [5, 5.41) is 0. The van der Waals surface area contributed by atoms with Crippen molar-refractivity contribution in [3.8, 4) is 5.75 Å². The third-order valence-corrected chi connectivity index (χ3v) is 1.68. The Kier molecular flexibility index (Phi) is 3.23. The van der Waals surface area contributed by atoms with Gasteiger partial charge in [0.15, 0.2) is 0 Å². The molecule has 0 saturated carbocycles. The zero-order valence-corrected chi connectivity index (χ0v) is 7.60. The highest BCUT2D eigenvalue weighted by Gasteiger charge is 2.05. The summed E-state index contributed by atoms with van der Waals surface area (Å²) in [5.74, 6) is -1.26. The largest absolute Gasteiger partial charge is 0.490 e. The monoisotopic (exact) mass is 185 g/mol. The van der Waals surface area contributed by atoms with E-state index in [9.17, 15) is 8.78 Å². The van der Waals surface area contributed by atoms with E-state index in [2.05, 4.69) is 6.07 Å². The van der Waals surface area contributed by atoms with Gasteiger partial charge in [-0.05, 0) is 13.3 Å². The molecule has 0 amide bonds. The minimum Gasteiger partial charge on any atom is -0.490 e. The molecule has 0 bridgehead atoms. The van der Waals surface area contributed by atoms with E-state index in [0.717, 1.165) is 18.6 Å². The highest BCUT2D eigenvalue weighted by molar-refractivity contribution is 5.22. The minimum atomic E-state index is -0.738. The SMILES string of the molecule is CCC(C)Oc1[c]c(F)cc(F)c1. The first-order chi connectivity index (χ1) is 6.11. The Morgan fingerprint density at radius 2 is 2.15 bits per heavy atom. The molecule has 0 aliphatic heterocycles. The molecule has 1 radical (unpaired) electrons. The summed E-state index contributed by atoms with van der Waals surface area (Å²) in [7, 11) is 0. The van der Waals surface area contributed by atoms with Crippen molar-refractivity contribution in [1.82, 2.24) is 0 Å². The molecule has 0 N–H and O–H groups in total. The Morgan fingerprint density at radius 1 is 1.46 bits per heavy atom. The summed E-state index contributed by atoms with van der Waals surface area (Å²) in [6.07, 6.45) is 0.726. The summed E-state index contributed by atoms with van der Waals surface area (Å²) in [6, 6.07) is 4.17. The molecule has 1 rings (SSSR count). The van der Waals surface area contributed by atoms with Crippen molar-refractivity contribution >= 4 is 0 Å². The van der Waals surface area contributed by atoms with Crippen LogP contribution in [0.3, 0.4) is 0 Å². The molecular formula is C10H11F2O. The van der Waals surface area contributed by atoms with Crippen LogP contribution in [0.5, 0.6) is 5.75 Å². The van der Waals surface area contributed by atoms with Crippen molar-refractivity contribution in [2.45, 2.75) is 26.4 Å². The summed E-state index contributed by atoms with van der Waals surface area (Å²) in [6.45, 7) is 3.76. The van der Waals surface area contributed by atoms with Gasteiger partial charge in [0.1, 0.15) is 17.4 Å². The summed E-state index contributed by atoms with van der Waals surface area (Å²) >= 11 is 0. The third kappa shape index (κ3) is 3.01. The first-order valence-electron chi connectivity index (χ1n) is 4.17. The van der Waals surface area contributed by atoms with Crippen LogP contribution in [0.1, 0.15) is 20.3 Å². The third-order valence-electron chi connectivity index (χ3n) is 1.68. The van der Waals surface area contributed by atoms with E-state index < -0.39 is 11.6 Å². The maximum Gasteiger partial charge on any atom is 0.137 e. The molecule has 0 aliphatic carbocycles. The van der Waals surface area contributed by atoms with Crippen LogP contribution >= 0.6 is 0 Å². The van der Waals surface area contributed by atoms with Crippen LogP contribution in [-0.4, -0.2) is 6.10 Å². The van der Waals surface area contributed by atoms with Crippen molar-refractivity contribution < 1.29 is 13.5 Å². The lowest BCUT2D eigenvalue weighted by Crippen LogP contribution is -2.10. The number of hydrogen-bond acceptors (Lipinski definition) is 1. The second-order valence-corrected chi connectivity index (χ2v) is 2.85. The van der Waals surface area contributed by atoms with Gasteiger partial charge in [-0.2, -0.15) is 0 Å². The molecular weight excluding hydrogens is 174 g/mol. The van der Waals surface area contributed by atoms with E-state index in [1.54, 1.807) is 0 Å². The first kappa shape index (κ1) is 9.96. The van der Waals surface area contributed by atoms with Crippen molar-refractivity contribution in [2.24, 2.45) is 0 Å². The average molecular weight is 185 g/mol. The zero-order valence-electron chi connectivity index (χ0n) is 7.60. The second kappa shape index (κ2) is 4.21. The number of rotatable bonds is 3. The van der Waals surface area contributed by atoms with Crippen molar-refractivity contribution in [3.63, 3.8) is 0 Å². The molecule has 3 heteroatoms. The lowest BCUT2D eigenvalue weighted by molar-refractivity contribution is 0.215. The first-order valence-corrected chi connectivity index (χ1v) is 4.17. The van der Waals surface area contributed by atoms with E-state index in [4.69, 9.17) is 4.74 Å². The molecule has 1 atom stereocenters. The predicted molar refractivity (Wildman–Crippen MR) is 45.6 cm³/mol. The van der Waals surface area contributed by atoms with Crippen LogP contribution in [0.2, 0.25) is 0 Å². The predicted octanol–water partition coefficient (Wildman–Crippen LogP) is 2.94. The molecule has 0 aliphatic rings. The van der Waals surface area contributed by atoms with Gasteiger partial charge in [0.05, 0.1) is 12.2 Å². The normalized spacial score (nSPS) is 12.6. The van der Waals surface area contributed by atoms with E-state index in [0.29, 0.717) is 0 Å². The van der Waals surface area contributed by atoms with Gasteiger partial charge in [-0.25, -0.2) is 8.78 Å². The zero-order chi connectivity index (χ0) is 9.84. The summed E-state index contributed by atoms with van der Waals surface area (Å²) in [4.78, 5) is 0. The fourth-order valence-corrected chi connectivity index (χ4v) is 0.841. The van der Waals surface area contributed by atoms with Gasteiger partial charge >= 0.3 is 0 Å². The molecule has 1 unspecified atom stereocenters. The number of hydrogen-bond donors (Lipinski definition) is 0. The van der Waals surface area contributed by atoms with Crippen LogP contribution < -0.4 is 4.74 Å². The maximum atomic E-state index is 12.6. The Hall–Kier alpha value is -1.12. The van der Waals surface area contributed by atoms with Gasteiger partial charge in [0.25, 0.3) is 0 Å². The Bertz CT molecular complexity index is 266. The van der Waals surface area contributed by atoms with Crippen LogP contribution in [0.4, 0.5) is 8.78 Å². The van der Waals surface area contributed by atoms with Crippen LogP contribution in [0.15, 0.2) is 12.1 Å². The van der Waals surface area contributed by atoms with E-state index in [-0.39, 0.29) is 11.9 Å². The molecule has 1 nitrogen and oxygen atoms in total. The molecule has 13 heavy (non-hydrogen) atoms. The topological polar surface area (TPSA) is 9.23 Å². The summed E-state index contributed by atoms with van der Waals surface area (Å²) < 4.78 is 30.4. The molecule has 0 heterocycles. The minimum absolute atomic E-state index is 0.0579.